The van der Waals surface area contributed by atoms with Crippen LogP contribution in [0.1, 0.15) is 35.2 Å². The molecule has 4 rings (SSSR count). The molecule has 1 aliphatic heterocycles. The highest BCUT2D eigenvalue weighted by molar-refractivity contribution is 5.98. The quantitative estimate of drug-likeness (QED) is 0.529. The van der Waals surface area contributed by atoms with Gasteiger partial charge in [-0.1, -0.05) is 6.07 Å². The molecule has 11 heteroatoms. The third-order valence-corrected chi connectivity index (χ3v) is 5.19. The number of carbonyl (C=O) groups is 1. The van der Waals surface area contributed by atoms with Gasteiger partial charge in [0.25, 0.3) is 5.91 Å². The Morgan fingerprint density at radius 2 is 1.91 bits per heavy atom. The summed E-state index contributed by atoms with van der Waals surface area (Å²) in [5, 5.41) is 13.5. The zero-order valence-electron chi connectivity index (χ0n) is 19.1. The molecule has 1 aliphatic rings. The Hall–Kier alpha value is -3.57. The Labute approximate surface area is 198 Å². The maximum atomic E-state index is 12.9. The molecular formula is C23H30N8O3. The number of hydrogen-bond acceptors (Lipinski definition) is 9. The number of pyridine rings is 1. The number of nitrogens with one attached hydrogen (secondary N) is 3. The minimum atomic E-state index is -0.253. The van der Waals surface area contributed by atoms with Crippen LogP contribution in [0.2, 0.25) is 0 Å². The Kier molecular flexibility index (Phi) is 8.75. The monoisotopic (exact) mass is 466 g/mol. The van der Waals surface area contributed by atoms with Crippen LogP contribution in [0, 0.1) is 0 Å². The van der Waals surface area contributed by atoms with Crippen LogP contribution in [0.3, 0.4) is 0 Å². The van der Waals surface area contributed by atoms with Gasteiger partial charge >= 0.3 is 0 Å². The fourth-order valence-corrected chi connectivity index (χ4v) is 3.38. The Morgan fingerprint density at radius 3 is 2.74 bits per heavy atom. The van der Waals surface area contributed by atoms with E-state index in [0.717, 1.165) is 31.4 Å². The van der Waals surface area contributed by atoms with Crippen LogP contribution in [0.5, 0.6) is 0 Å². The second-order valence-electron chi connectivity index (χ2n) is 7.75. The Bertz CT molecular complexity index is 1030. The van der Waals surface area contributed by atoms with Crippen molar-refractivity contribution in [2.45, 2.75) is 25.8 Å². The average molecular weight is 467 g/mol. The number of fused-ring (bicyclic) bond motifs is 2. The summed E-state index contributed by atoms with van der Waals surface area (Å²) in [6, 6.07) is 5.61. The number of rotatable bonds is 4. The minimum Gasteiger partial charge on any atom is -0.379 e. The number of aromatic nitrogens is 5. The van der Waals surface area contributed by atoms with Gasteiger partial charge in [0.15, 0.2) is 5.82 Å². The van der Waals surface area contributed by atoms with Crippen LogP contribution in [0.4, 0.5) is 11.8 Å². The first-order chi connectivity index (χ1) is 16.8. The predicted molar refractivity (Wildman–Crippen MR) is 127 cm³/mol. The second-order valence-corrected chi connectivity index (χ2v) is 7.75. The molecule has 0 aliphatic carbocycles. The van der Waals surface area contributed by atoms with E-state index in [1.807, 2.05) is 24.4 Å². The first-order valence-electron chi connectivity index (χ1n) is 11.5. The van der Waals surface area contributed by atoms with E-state index < -0.39 is 0 Å². The van der Waals surface area contributed by atoms with Crippen molar-refractivity contribution in [3.8, 4) is 5.82 Å². The lowest BCUT2D eigenvalue weighted by atomic mass is 10.2. The van der Waals surface area contributed by atoms with Crippen molar-refractivity contribution in [3.05, 3.63) is 54.1 Å². The van der Waals surface area contributed by atoms with E-state index in [-0.39, 0.29) is 5.91 Å². The standard InChI is InChI=1S/C23H30N8O3/c32-22(27-16-18-5-6-20(26-15-18)31-10-4-8-29-31)19-17-28-23-25-9-12-34-14-13-33-11-3-1-2-7-24-21(19)30-23/h4-6,8,10,15,17H,1-3,7,9,11-14,16H2,(H,27,32)(H2,24,25,28,30). The third-order valence-electron chi connectivity index (χ3n) is 5.19. The largest absolute Gasteiger partial charge is 0.379 e. The van der Waals surface area contributed by atoms with E-state index in [2.05, 4.69) is 36.0 Å². The molecule has 3 N–H and O–H groups in total. The van der Waals surface area contributed by atoms with Gasteiger partial charge in [0.05, 0.1) is 19.8 Å². The number of ether oxygens (including phenoxy) is 2. The molecule has 11 nitrogen and oxygen atoms in total. The van der Waals surface area contributed by atoms with Crippen LogP contribution in [0.25, 0.3) is 5.82 Å². The molecule has 0 saturated carbocycles. The lowest BCUT2D eigenvalue weighted by Gasteiger charge is -2.14. The minimum absolute atomic E-state index is 0.253. The zero-order valence-corrected chi connectivity index (χ0v) is 19.1. The molecule has 0 unspecified atom stereocenters. The molecule has 0 fully saturated rings. The summed E-state index contributed by atoms with van der Waals surface area (Å²) < 4.78 is 12.8. The maximum absolute atomic E-state index is 12.9. The molecule has 0 spiro atoms. The molecule has 180 valence electrons. The van der Waals surface area contributed by atoms with Crippen molar-refractivity contribution in [1.29, 1.82) is 0 Å². The van der Waals surface area contributed by atoms with Gasteiger partial charge < -0.3 is 25.4 Å². The Balaban J connectivity index is 1.38. The maximum Gasteiger partial charge on any atom is 0.256 e. The van der Waals surface area contributed by atoms with E-state index in [4.69, 9.17) is 9.47 Å². The molecule has 0 aromatic carbocycles. The van der Waals surface area contributed by atoms with Gasteiger partial charge in [-0.2, -0.15) is 10.1 Å². The van der Waals surface area contributed by atoms with E-state index in [0.29, 0.717) is 62.6 Å². The second kappa shape index (κ2) is 12.6. The normalized spacial score (nSPS) is 15.6. The van der Waals surface area contributed by atoms with Gasteiger partial charge in [-0.25, -0.2) is 14.6 Å². The van der Waals surface area contributed by atoms with Gasteiger partial charge in [0.2, 0.25) is 5.95 Å². The zero-order chi connectivity index (χ0) is 23.4. The highest BCUT2D eigenvalue weighted by Gasteiger charge is 2.15. The van der Waals surface area contributed by atoms with Crippen molar-refractivity contribution < 1.29 is 14.3 Å². The van der Waals surface area contributed by atoms with Gasteiger partial charge in [-0.05, 0) is 37.0 Å². The van der Waals surface area contributed by atoms with Crippen LogP contribution >= 0.6 is 0 Å². The summed E-state index contributed by atoms with van der Waals surface area (Å²) in [5.74, 6) is 1.41. The topological polar surface area (TPSA) is 128 Å². The van der Waals surface area contributed by atoms with Crippen LogP contribution in [-0.4, -0.2) is 70.2 Å². The van der Waals surface area contributed by atoms with Gasteiger partial charge in [-0.15, -0.1) is 0 Å². The van der Waals surface area contributed by atoms with Crippen molar-refractivity contribution >= 4 is 17.7 Å². The summed E-state index contributed by atoms with van der Waals surface area (Å²) in [7, 11) is 0. The van der Waals surface area contributed by atoms with E-state index in [9.17, 15) is 4.79 Å². The van der Waals surface area contributed by atoms with E-state index >= 15 is 0 Å². The van der Waals surface area contributed by atoms with Gasteiger partial charge in [0.1, 0.15) is 11.4 Å². The predicted octanol–water partition coefficient (Wildman–Crippen LogP) is 2.03. The summed E-state index contributed by atoms with van der Waals surface area (Å²) in [6.07, 6.45) is 9.75. The molecule has 3 aromatic rings. The smallest absolute Gasteiger partial charge is 0.256 e. The molecule has 0 radical (unpaired) electrons. The van der Waals surface area contributed by atoms with Crippen LogP contribution < -0.4 is 16.0 Å². The first kappa shape index (κ1) is 23.6. The van der Waals surface area contributed by atoms with Crippen molar-refractivity contribution in [1.82, 2.24) is 30.0 Å². The van der Waals surface area contributed by atoms with E-state index in [1.165, 1.54) is 0 Å². The molecule has 34 heavy (non-hydrogen) atoms. The third kappa shape index (κ3) is 6.96. The fourth-order valence-electron chi connectivity index (χ4n) is 3.38. The van der Waals surface area contributed by atoms with Crippen LogP contribution in [-0.2, 0) is 16.0 Å². The number of nitrogens with zero attached hydrogens (tertiary/aromatic N) is 5. The number of hydrogen-bond donors (Lipinski definition) is 3. The summed E-state index contributed by atoms with van der Waals surface area (Å²) >= 11 is 0. The summed E-state index contributed by atoms with van der Waals surface area (Å²) in [6.45, 7) is 4.02. The SMILES string of the molecule is O=C(NCc1ccc(-n2cccn2)nc1)c1cnc2nc1NCCCCCOCCOCCN2. The van der Waals surface area contributed by atoms with Crippen molar-refractivity contribution in [3.63, 3.8) is 0 Å². The molecule has 0 atom stereocenters. The summed E-state index contributed by atoms with van der Waals surface area (Å²) in [4.78, 5) is 26.1. The molecule has 1 amide bonds. The van der Waals surface area contributed by atoms with Crippen molar-refractivity contribution in [2.75, 3.05) is 50.2 Å². The Morgan fingerprint density at radius 1 is 1.00 bits per heavy atom. The van der Waals surface area contributed by atoms with E-state index in [1.54, 1.807) is 23.3 Å². The fraction of sp³-hybridized carbons (Fsp3) is 0.435. The summed E-state index contributed by atoms with van der Waals surface area (Å²) in [5.41, 5.74) is 1.27. The molecule has 2 bridgehead atoms. The van der Waals surface area contributed by atoms with Gasteiger partial charge in [0, 0.05) is 51.0 Å². The lowest BCUT2D eigenvalue weighted by Crippen LogP contribution is -2.25. The van der Waals surface area contributed by atoms with Gasteiger partial charge in [-0.3, -0.25) is 4.79 Å². The number of carbonyl (C=O) groups excluding carboxylic acids is 1. The number of amides is 1. The average Bonchev–Trinajstić information content (AvgIpc) is 3.40. The lowest BCUT2D eigenvalue weighted by molar-refractivity contribution is 0.0501. The highest BCUT2D eigenvalue weighted by Crippen LogP contribution is 2.15. The first-order valence-corrected chi connectivity index (χ1v) is 11.5. The number of anilines is 2. The van der Waals surface area contributed by atoms with Crippen molar-refractivity contribution in [2.24, 2.45) is 0 Å². The van der Waals surface area contributed by atoms with Crippen LogP contribution in [0.15, 0.2) is 43.0 Å². The molecule has 0 saturated heterocycles. The molecule has 4 heterocycles. The molecule has 3 aromatic heterocycles. The highest BCUT2D eigenvalue weighted by atomic mass is 16.5. The molecular weight excluding hydrogens is 436 g/mol.